The summed E-state index contributed by atoms with van der Waals surface area (Å²) in [6.45, 7) is 0. The van der Waals surface area contributed by atoms with Crippen LogP contribution in [0.5, 0.6) is 5.75 Å². The molecular formula is C30H21NO3. The van der Waals surface area contributed by atoms with E-state index >= 15 is 0 Å². The largest absolute Gasteiger partial charge is 0.507 e. The van der Waals surface area contributed by atoms with E-state index in [0.717, 1.165) is 33.3 Å². The van der Waals surface area contributed by atoms with E-state index in [4.69, 9.17) is 4.42 Å². The molecule has 2 aromatic heterocycles. The second-order valence-corrected chi connectivity index (χ2v) is 8.32. The SMILES string of the molecule is O=c1oc2ccccc2c(O)c1C(c1ccccc1)c1c(-c2ccccc2)[nH]c2ccccc12. The van der Waals surface area contributed by atoms with Gasteiger partial charge in [-0.3, -0.25) is 0 Å². The topological polar surface area (TPSA) is 66.2 Å². The maximum absolute atomic E-state index is 13.4. The minimum atomic E-state index is -0.548. The highest BCUT2D eigenvalue weighted by atomic mass is 16.4. The number of aromatic amines is 1. The Bertz CT molecular complexity index is 1680. The minimum absolute atomic E-state index is 0.0509. The van der Waals surface area contributed by atoms with Crippen LogP contribution in [0.15, 0.2) is 118 Å². The van der Waals surface area contributed by atoms with E-state index in [1.54, 1.807) is 18.2 Å². The van der Waals surface area contributed by atoms with Crippen molar-refractivity contribution in [3.63, 3.8) is 0 Å². The average molecular weight is 444 g/mol. The third kappa shape index (κ3) is 3.20. The number of para-hydroxylation sites is 2. The lowest BCUT2D eigenvalue weighted by Gasteiger charge is -2.20. The summed E-state index contributed by atoms with van der Waals surface area (Å²) in [7, 11) is 0. The van der Waals surface area contributed by atoms with E-state index in [-0.39, 0.29) is 11.3 Å². The van der Waals surface area contributed by atoms with Crippen molar-refractivity contribution >= 4 is 21.9 Å². The van der Waals surface area contributed by atoms with Gasteiger partial charge in [-0.25, -0.2) is 4.79 Å². The highest BCUT2D eigenvalue weighted by Crippen LogP contribution is 2.44. The van der Waals surface area contributed by atoms with Gasteiger partial charge in [0.15, 0.2) is 0 Å². The van der Waals surface area contributed by atoms with Gasteiger partial charge < -0.3 is 14.5 Å². The molecule has 0 aliphatic heterocycles. The fraction of sp³-hybridized carbons (Fsp3) is 0.0333. The standard InChI is InChI=1S/C30H21NO3/c32-29-22-16-8-10-18-24(22)34-30(33)27(29)25(19-11-3-1-4-12-19)26-21-15-7-9-17-23(21)31-28(26)20-13-5-2-6-14-20/h1-18,25,31-32H. The van der Waals surface area contributed by atoms with Crippen LogP contribution in [0, 0.1) is 0 Å². The van der Waals surface area contributed by atoms with Crippen LogP contribution in [0.1, 0.15) is 22.6 Å². The van der Waals surface area contributed by atoms with Gasteiger partial charge in [-0.2, -0.15) is 0 Å². The summed E-state index contributed by atoms with van der Waals surface area (Å²) in [5.74, 6) is -0.599. The van der Waals surface area contributed by atoms with E-state index in [1.165, 1.54) is 0 Å². The first-order valence-corrected chi connectivity index (χ1v) is 11.2. The van der Waals surface area contributed by atoms with Crippen molar-refractivity contribution in [3.05, 3.63) is 136 Å². The molecule has 6 aromatic rings. The van der Waals surface area contributed by atoms with E-state index < -0.39 is 11.5 Å². The third-order valence-corrected chi connectivity index (χ3v) is 6.34. The van der Waals surface area contributed by atoms with Gasteiger partial charge in [0.2, 0.25) is 0 Å². The molecule has 2 heterocycles. The Morgan fingerprint density at radius 2 is 1.29 bits per heavy atom. The lowest BCUT2D eigenvalue weighted by atomic mass is 9.82. The van der Waals surface area contributed by atoms with Crippen molar-refractivity contribution in [2.24, 2.45) is 0 Å². The van der Waals surface area contributed by atoms with Crippen LogP contribution in [0.2, 0.25) is 0 Å². The van der Waals surface area contributed by atoms with Crippen LogP contribution >= 0.6 is 0 Å². The molecule has 6 rings (SSSR count). The van der Waals surface area contributed by atoms with E-state index in [9.17, 15) is 9.90 Å². The van der Waals surface area contributed by atoms with Crippen molar-refractivity contribution in [2.45, 2.75) is 5.92 Å². The molecule has 0 fully saturated rings. The van der Waals surface area contributed by atoms with Crippen LogP contribution in [-0.2, 0) is 0 Å². The molecule has 0 saturated carbocycles. The number of hydrogen-bond acceptors (Lipinski definition) is 3. The van der Waals surface area contributed by atoms with Gasteiger partial charge in [-0.15, -0.1) is 0 Å². The molecule has 0 bridgehead atoms. The van der Waals surface area contributed by atoms with E-state index in [0.29, 0.717) is 11.0 Å². The highest BCUT2D eigenvalue weighted by molar-refractivity contribution is 5.93. The van der Waals surface area contributed by atoms with Crippen LogP contribution in [-0.4, -0.2) is 10.1 Å². The molecule has 1 unspecified atom stereocenters. The summed E-state index contributed by atoms with van der Waals surface area (Å²) in [4.78, 5) is 17.0. The second kappa shape index (κ2) is 8.09. The quantitative estimate of drug-likeness (QED) is 0.294. The van der Waals surface area contributed by atoms with Crippen molar-refractivity contribution in [3.8, 4) is 17.0 Å². The van der Waals surface area contributed by atoms with Gasteiger partial charge in [0.1, 0.15) is 11.3 Å². The normalized spacial score (nSPS) is 12.2. The summed E-state index contributed by atoms with van der Waals surface area (Å²) in [6, 6.07) is 34.9. The summed E-state index contributed by atoms with van der Waals surface area (Å²) >= 11 is 0. The lowest BCUT2D eigenvalue weighted by molar-refractivity contribution is 0.455. The maximum Gasteiger partial charge on any atom is 0.344 e. The van der Waals surface area contributed by atoms with Crippen LogP contribution in [0.25, 0.3) is 33.1 Å². The smallest absolute Gasteiger partial charge is 0.344 e. The molecule has 4 nitrogen and oxygen atoms in total. The fourth-order valence-electron chi connectivity index (χ4n) is 4.82. The van der Waals surface area contributed by atoms with Gasteiger partial charge in [0.05, 0.1) is 16.6 Å². The van der Waals surface area contributed by atoms with Crippen molar-refractivity contribution in [1.29, 1.82) is 0 Å². The molecule has 0 aliphatic carbocycles. The summed E-state index contributed by atoms with van der Waals surface area (Å²) in [6.07, 6.45) is 0. The zero-order valence-electron chi connectivity index (χ0n) is 18.2. The second-order valence-electron chi connectivity index (χ2n) is 8.32. The Morgan fingerprint density at radius 1 is 0.676 bits per heavy atom. The molecule has 4 aromatic carbocycles. The zero-order chi connectivity index (χ0) is 23.1. The van der Waals surface area contributed by atoms with Crippen molar-refractivity contribution in [2.75, 3.05) is 0 Å². The summed E-state index contributed by atoms with van der Waals surface area (Å²) in [5, 5.41) is 12.9. The number of rotatable bonds is 4. The maximum atomic E-state index is 13.4. The number of aromatic hydroxyl groups is 1. The Morgan fingerprint density at radius 3 is 2.06 bits per heavy atom. The van der Waals surface area contributed by atoms with Gasteiger partial charge in [-0.05, 0) is 34.9 Å². The number of nitrogens with one attached hydrogen (secondary N) is 1. The number of benzene rings is 4. The van der Waals surface area contributed by atoms with Gasteiger partial charge >= 0.3 is 5.63 Å². The monoisotopic (exact) mass is 443 g/mol. The zero-order valence-corrected chi connectivity index (χ0v) is 18.2. The van der Waals surface area contributed by atoms with E-state index in [1.807, 2.05) is 91.0 Å². The first-order valence-electron chi connectivity index (χ1n) is 11.2. The predicted molar refractivity (Wildman–Crippen MR) is 135 cm³/mol. The molecule has 0 aliphatic rings. The predicted octanol–water partition coefficient (Wildman–Crippen LogP) is 6.83. The van der Waals surface area contributed by atoms with Crippen LogP contribution < -0.4 is 5.63 Å². The lowest BCUT2D eigenvalue weighted by Crippen LogP contribution is -2.16. The third-order valence-electron chi connectivity index (χ3n) is 6.34. The Labute approximate surface area is 195 Å². The van der Waals surface area contributed by atoms with E-state index in [2.05, 4.69) is 4.98 Å². The first-order chi connectivity index (χ1) is 16.7. The summed E-state index contributed by atoms with van der Waals surface area (Å²) in [5.41, 5.74) is 4.72. The number of hydrogen-bond donors (Lipinski definition) is 2. The molecule has 0 spiro atoms. The molecule has 1 atom stereocenters. The van der Waals surface area contributed by atoms with Crippen LogP contribution in [0.4, 0.5) is 0 Å². The molecule has 4 heteroatoms. The number of H-pyrrole nitrogens is 1. The molecule has 34 heavy (non-hydrogen) atoms. The highest BCUT2D eigenvalue weighted by Gasteiger charge is 2.31. The Balaban J connectivity index is 1.75. The minimum Gasteiger partial charge on any atom is -0.507 e. The molecule has 164 valence electrons. The molecule has 2 N–H and O–H groups in total. The Hall–Kier alpha value is -4.57. The molecular weight excluding hydrogens is 422 g/mol. The molecule has 0 radical (unpaired) electrons. The van der Waals surface area contributed by atoms with Crippen molar-refractivity contribution in [1.82, 2.24) is 4.98 Å². The van der Waals surface area contributed by atoms with Gasteiger partial charge in [0, 0.05) is 16.8 Å². The molecule has 0 amide bonds. The molecule has 0 saturated heterocycles. The number of fused-ring (bicyclic) bond motifs is 2. The van der Waals surface area contributed by atoms with Gasteiger partial charge in [-0.1, -0.05) is 91.0 Å². The van der Waals surface area contributed by atoms with Crippen LogP contribution in [0.3, 0.4) is 0 Å². The fourth-order valence-corrected chi connectivity index (χ4v) is 4.82. The van der Waals surface area contributed by atoms with Crippen molar-refractivity contribution < 1.29 is 9.52 Å². The first kappa shape index (κ1) is 20.1. The average Bonchev–Trinajstić information content (AvgIpc) is 3.27. The summed E-state index contributed by atoms with van der Waals surface area (Å²) < 4.78 is 5.71. The van der Waals surface area contributed by atoms with Gasteiger partial charge in [0.25, 0.3) is 0 Å². The number of aromatic nitrogens is 1. The Kier molecular flexibility index (Phi) is 4.77.